The third kappa shape index (κ3) is 4.11. The van der Waals surface area contributed by atoms with Crippen LogP contribution < -0.4 is 15.6 Å². The molecule has 126 valence electrons. The minimum absolute atomic E-state index is 0.00345. The molecule has 2 aromatic rings. The normalized spacial score (nSPS) is 20.4. The highest BCUT2D eigenvalue weighted by molar-refractivity contribution is 6.30. The molecule has 1 aliphatic rings. The van der Waals surface area contributed by atoms with Gasteiger partial charge in [-0.1, -0.05) is 11.6 Å². The van der Waals surface area contributed by atoms with Crippen molar-refractivity contribution in [3.05, 3.63) is 51.8 Å². The van der Waals surface area contributed by atoms with Crippen LogP contribution in [0.25, 0.3) is 0 Å². The summed E-state index contributed by atoms with van der Waals surface area (Å²) in [6.45, 7) is 0. The average Bonchev–Trinajstić information content (AvgIpc) is 2.60. The molecular weight excluding hydrogens is 332 g/mol. The first-order chi connectivity index (χ1) is 11.6. The first kappa shape index (κ1) is 16.4. The van der Waals surface area contributed by atoms with Crippen molar-refractivity contribution in [2.75, 3.05) is 0 Å². The molecule has 1 saturated carbocycles. The summed E-state index contributed by atoms with van der Waals surface area (Å²) >= 11 is 5.75. The minimum Gasteiger partial charge on any atom is -0.473 e. The second-order valence-corrected chi connectivity index (χ2v) is 6.08. The summed E-state index contributed by atoms with van der Waals surface area (Å²) in [6, 6.07) is 1.45. The molecule has 8 heteroatoms. The number of amides is 1. The molecule has 0 spiro atoms. The number of nitrogens with one attached hydrogen (secondary N) is 2. The molecule has 1 aliphatic carbocycles. The largest absolute Gasteiger partial charge is 0.473 e. The maximum Gasteiger partial charge on any atom is 0.266 e. The molecule has 2 N–H and O–H groups in total. The number of halogens is 1. The third-order valence-corrected chi connectivity index (χ3v) is 4.24. The van der Waals surface area contributed by atoms with Gasteiger partial charge in [-0.25, -0.2) is 4.98 Å². The number of nitrogens with zero attached hydrogens (tertiary/aromatic N) is 2. The Balaban J connectivity index is 1.50. The van der Waals surface area contributed by atoms with Crippen LogP contribution in [0, 0.1) is 0 Å². The SMILES string of the molecule is O=C(NC1CCC(Oc2cnccn2)CC1)c1c[nH]c(=O)c(Cl)c1. The Hall–Kier alpha value is -2.41. The number of carbonyl (C=O) groups excluding carboxylic acids is 1. The van der Waals surface area contributed by atoms with E-state index in [0.29, 0.717) is 11.4 Å². The molecular formula is C16H17ClN4O3. The monoisotopic (exact) mass is 348 g/mol. The van der Waals surface area contributed by atoms with Crippen LogP contribution in [0.4, 0.5) is 0 Å². The minimum atomic E-state index is -0.408. The van der Waals surface area contributed by atoms with E-state index in [1.54, 1.807) is 18.6 Å². The Labute approximate surface area is 143 Å². The van der Waals surface area contributed by atoms with E-state index < -0.39 is 5.56 Å². The fraction of sp³-hybridized carbons (Fsp3) is 0.375. The standard InChI is InChI=1S/C16H17ClN4O3/c17-13-7-10(8-20-16(13)23)15(22)21-11-1-3-12(4-2-11)24-14-9-18-5-6-19-14/h5-9,11-12H,1-4H2,(H,20,23)(H,21,22). The van der Waals surface area contributed by atoms with Gasteiger partial charge in [0.1, 0.15) is 11.1 Å². The van der Waals surface area contributed by atoms with Crippen molar-refractivity contribution in [1.29, 1.82) is 0 Å². The highest BCUT2D eigenvalue weighted by Crippen LogP contribution is 2.22. The van der Waals surface area contributed by atoms with E-state index >= 15 is 0 Å². The van der Waals surface area contributed by atoms with E-state index in [2.05, 4.69) is 20.3 Å². The summed E-state index contributed by atoms with van der Waals surface area (Å²) in [5.41, 5.74) is -0.0626. The van der Waals surface area contributed by atoms with Gasteiger partial charge in [0.2, 0.25) is 5.88 Å². The Kier molecular flexibility index (Phi) is 5.10. The van der Waals surface area contributed by atoms with Gasteiger partial charge in [0.05, 0.1) is 11.8 Å². The van der Waals surface area contributed by atoms with E-state index in [1.807, 2.05) is 0 Å². The predicted molar refractivity (Wildman–Crippen MR) is 88.2 cm³/mol. The number of aromatic nitrogens is 3. The Morgan fingerprint density at radius 2 is 2.08 bits per heavy atom. The molecule has 0 unspecified atom stereocenters. The Morgan fingerprint density at radius 1 is 1.29 bits per heavy atom. The van der Waals surface area contributed by atoms with Crippen LogP contribution in [0.2, 0.25) is 5.02 Å². The van der Waals surface area contributed by atoms with E-state index in [-0.39, 0.29) is 23.1 Å². The van der Waals surface area contributed by atoms with E-state index in [0.717, 1.165) is 25.7 Å². The number of aromatic amines is 1. The maximum absolute atomic E-state index is 12.2. The zero-order chi connectivity index (χ0) is 16.9. The van der Waals surface area contributed by atoms with Gasteiger partial charge in [-0.15, -0.1) is 0 Å². The van der Waals surface area contributed by atoms with Gasteiger partial charge in [0.25, 0.3) is 11.5 Å². The van der Waals surface area contributed by atoms with Crippen LogP contribution in [-0.4, -0.2) is 33.0 Å². The second-order valence-electron chi connectivity index (χ2n) is 5.67. The molecule has 2 aromatic heterocycles. The van der Waals surface area contributed by atoms with Crippen molar-refractivity contribution in [1.82, 2.24) is 20.3 Å². The molecule has 1 amide bonds. The van der Waals surface area contributed by atoms with Gasteiger partial charge in [-0.05, 0) is 31.7 Å². The second kappa shape index (κ2) is 7.44. The number of hydrogen-bond acceptors (Lipinski definition) is 5. The molecule has 0 saturated heterocycles. The molecule has 3 rings (SSSR count). The predicted octanol–water partition coefficient (Wildman–Crippen LogP) is 1.94. The van der Waals surface area contributed by atoms with Gasteiger partial charge in [0, 0.05) is 24.6 Å². The molecule has 0 radical (unpaired) electrons. The molecule has 2 heterocycles. The molecule has 0 atom stereocenters. The van der Waals surface area contributed by atoms with Gasteiger partial charge in [0.15, 0.2) is 0 Å². The van der Waals surface area contributed by atoms with E-state index in [4.69, 9.17) is 16.3 Å². The summed E-state index contributed by atoms with van der Waals surface area (Å²) in [4.78, 5) is 33.9. The molecule has 7 nitrogen and oxygen atoms in total. The highest BCUT2D eigenvalue weighted by atomic mass is 35.5. The van der Waals surface area contributed by atoms with E-state index in [9.17, 15) is 9.59 Å². The van der Waals surface area contributed by atoms with Crippen molar-refractivity contribution >= 4 is 17.5 Å². The van der Waals surface area contributed by atoms with Crippen LogP contribution in [0.15, 0.2) is 35.6 Å². The van der Waals surface area contributed by atoms with Crippen LogP contribution in [-0.2, 0) is 0 Å². The lowest BCUT2D eigenvalue weighted by atomic mass is 9.93. The van der Waals surface area contributed by atoms with Crippen LogP contribution >= 0.6 is 11.6 Å². The smallest absolute Gasteiger partial charge is 0.266 e. The Bertz CT molecular complexity index is 757. The van der Waals surface area contributed by atoms with Gasteiger partial charge < -0.3 is 15.0 Å². The number of rotatable bonds is 4. The number of pyridine rings is 1. The zero-order valence-electron chi connectivity index (χ0n) is 12.9. The first-order valence-corrected chi connectivity index (χ1v) is 8.11. The molecule has 0 aromatic carbocycles. The highest BCUT2D eigenvalue weighted by Gasteiger charge is 2.24. The molecule has 24 heavy (non-hydrogen) atoms. The van der Waals surface area contributed by atoms with Crippen molar-refractivity contribution in [2.24, 2.45) is 0 Å². The maximum atomic E-state index is 12.2. The lowest BCUT2D eigenvalue weighted by molar-refractivity contribution is 0.0889. The van der Waals surface area contributed by atoms with Gasteiger partial charge in [-0.3, -0.25) is 14.6 Å². The topological polar surface area (TPSA) is 97.0 Å². The lowest BCUT2D eigenvalue weighted by Gasteiger charge is -2.29. The average molecular weight is 349 g/mol. The van der Waals surface area contributed by atoms with Gasteiger partial charge in [-0.2, -0.15) is 0 Å². The summed E-state index contributed by atoms with van der Waals surface area (Å²) in [7, 11) is 0. The van der Waals surface area contributed by atoms with Gasteiger partial charge >= 0.3 is 0 Å². The van der Waals surface area contributed by atoms with Crippen LogP contribution in [0.1, 0.15) is 36.0 Å². The number of carbonyl (C=O) groups is 1. The number of ether oxygens (including phenoxy) is 1. The van der Waals surface area contributed by atoms with Crippen molar-refractivity contribution < 1.29 is 9.53 Å². The lowest BCUT2D eigenvalue weighted by Crippen LogP contribution is -2.40. The number of hydrogen-bond donors (Lipinski definition) is 2. The summed E-state index contributed by atoms with van der Waals surface area (Å²) < 4.78 is 5.78. The molecule has 0 aliphatic heterocycles. The van der Waals surface area contributed by atoms with Crippen LogP contribution in [0.5, 0.6) is 5.88 Å². The van der Waals surface area contributed by atoms with Crippen molar-refractivity contribution in [3.8, 4) is 5.88 Å². The molecule has 1 fully saturated rings. The van der Waals surface area contributed by atoms with Crippen LogP contribution in [0.3, 0.4) is 0 Å². The van der Waals surface area contributed by atoms with E-state index in [1.165, 1.54) is 12.3 Å². The Morgan fingerprint density at radius 3 is 2.75 bits per heavy atom. The fourth-order valence-electron chi connectivity index (χ4n) is 2.70. The number of H-pyrrole nitrogens is 1. The van der Waals surface area contributed by atoms with Crippen molar-refractivity contribution in [3.63, 3.8) is 0 Å². The van der Waals surface area contributed by atoms with Crippen molar-refractivity contribution in [2.45, 2.75) is 37.8 Å². The zero-order valence-corrected chi connectivity index (χ0v) is 13.6. The molecule has 0 bridgehead atoms. The summed E-state index contributed by atoms with van der Waals surface area (Å²) in [5, 5.41) is 2.97. The fourth-order valence-corrected chi connectivity index (χ4v) is 2.87. The third-order valence-electron chi connectivity index (χ3n) is 3.96. The quantitative estimate of drug-likeness (QED) is 0.880. The summed E-state index contributed by atoms with van der Waals surface area (Å²) in [6.07, 6.45) is 9.51. The summed E-state index contributed by atoms with van der Waals surface area (Å²) in [5.74, 6) is 0.277. The first-order valence-electron chi connectivity index (χ1n) is 7.73.